The van der Waals surface area contributed by atoms with Gasteiger partial charge in [0.1, 0.15) is 16.5 Å². The van der Waals surface area contributed by atoms with Gasteiger partial charge in [-0.2, -0.15) is 17.5 Å². The van der Waals surface area contributed by atoms with E-state index in [4.69, 9.17) is 4.74 Å². The van der Waals surface area contributed by atoms with Crippen LogP contribution in [-0.4, -0.2) is 38.8 Å². The van der Waals surface area contributed by atoms with Crippen molar-refractivity contribution in [2.75, 3.05) is 25.5 Å². The summed E-state index contributed by atoms with van der Waals surface area (Å²) in [5.74, 6) is -2.16. The number of rotatable bonds is 5. The molecule has 1 unspecified atom stereocenters. The number of anilines is 1. The van der Waals surface area contributed by atoms with Gasteiger partial charge in [0, 0.05) is 18.8 Å². The Morgan fingerprint density at radius 3 is 2.61 bits per heavy atom. The van der Waals surface area contributed by atoms with E-state index in [0.717, 1.165) is 28.6 Å². The molecule has 6 nitrogen and oxygen atoms in total. The van der Waals surface area contributed by atoms with Gasteiger partial charge in [0.25, 0.3) is 0 Å². The van der Waals surface area contributed by atoms with Crippen LogP contribution in [0.1, 0.15) is 18.4 Å². The van der Waals surface area contributed by atoms with Crippen LogP contribution in [0.2, 0.25) is 0 Å². The number of halogens is 4. The van der Waals surface area contributed by atoms with Crippen molar-refractivity contribution in [3.05, 3.63) is 53.8 Å². The Bertz CT molecular complexity index is 1070. The van der Waals surface area contributed by atoms with E-state index in [1.165, 1.54) is 25.3 Å². The molecule has 1 atom stereocenters. The van der Waals surface area contributed by atoms with Gasteiger partial charge < -0.3 is 10.1 Å². The van der Waals surface area contributed by atoms with Crippen molar-refractivity contribution in [3.8, 4) is 5.75 Å². The molecule has 1 N–H and O–H groups in total. The maximum atomic E-state index is 13.7. The molecule has 2 aromatic carbocycles. The predicted octanol–water partition coefficient (Wildman–Crippen LogP) is 3.89. The molecule has 11 heteroatoms. The molecule has 0 saturated carbocycles. The second kappa shape index (κ2) is 8.83. The zero-order valence-corrected chi connectivity index (χ0v) is 17.3. The Labute approximate surface area is 176 Å². The number of methoxy groups -OCH3 is 1. The number of ether oxygens (including phenoxy) is 1. The van der Waals surface area contributed by atoms with Gasteiger partial charge in [-0.15, -0.1) is 0 Å². The van der Waals surface area contributed by atoms with Gasteiger partial charge in [0.05, 0.1) is 18.6 Å². The van der Waals surface area contributed by atoms with Gasteiger partial charge in [-0.1, -0.05) is 6.07 Å². The minimum Gasteiger partial charge on any atom is -0.495 e. The Balaban J connectivity index is 1.78. The van der Waals surface area contributed by atoms with E-state index in [1.807, 2.05) is 0 Å². The molecule has 0 spiro atoms. The van der Waals surface area contributed by atoms with E-state index in [1.54, 1.807) is 0 Å². The lowest BCUT2D eigenvalue weighted by molar-refractivity contribution is -0.137. The quantitative estimate of drug-likeness (QED) is 0.687. The lowest BCUT2D eigenvalue weighted by atomic mass is 9.98. The topological polar surface area (TPSA) is 75.7 Å². The number of hydrogen-bond acceptors (Lipinski definition) is 4. The van der Waals surface area contributed by atoms with Gasteiger partial charge in [0.15, 0.2) is 0 Å². The van der Waals surface area contributed by atoms with E-state index < -0.39 is 39.4 Å². The Kier molecular flexibility index (Phi) is 6.56. The molecule has 0 radical (unpaired) electrons. The van der Waals surface area contributed by atoms with E-state index in [2.05, 4.69) is 5.32 Å². The molecule has 0 bridgehead atoms. The molecule has 3 rings (SSSR count). The van der Waals surface area contributed by atoms with E-state index >= 15 is 0 Å². The number of sulfonamides is 1. The molecule has 168 valence electrons. The maximum absolute atomic E-state index is 13.7. The minimum atomic E-state index is -4.56. The summed E-state index contributed by atoms with van der Waals surface area (Å²) in [6.45, 7) is -0.0673. The highest BCUT2D eigenvalue weighted by molar-refractivity contribution is 7.89. The standard InChI is InChI=1S/C20H20F4N2O4S/c1-30-17-8-7-15(21)11-18(17)31(28,29)26-9-3-4-13(12-26)19(27)25-16-6-2-5-14(10-16)20(22,23)24/h2,5-8,10-11,13H,3-4,9,12H2,1H3,(H,25,27). The molecule has 31 heavy (non-hydrogen) atoms. The lowest BCUT2D eigenvalue weighted by Crippen LogP contribution is -2.43. The van der Waals surface area contributed by atoms with E-state index in [0.29, 0.717) is 12.8 Å². The van der Waals surface area contributed by atoms with Crippen LogP contribution in [0.4, 0.5) is 23.2 Å². The highest BCUT2D eigenvalue weighted by atomic mass is 32.2. The Hall–Kier alpha value is -2.66. The fraction of sp³-hybridized carbons (Fsp3) is 0.350. The third-order valence-electron chi connectivity index (χ3n) is 4.96. The molecule has 1 heterocycles. The van der Waals surface area contributed by atoms with Gasteiger partial charge in [-0.3, -0.25) is 4.79 Å². The third-order valence-corrected chi connectivity index (χ3v) is 6.84. The molecular formula is C20H20F4N2O4S. The first kappa shape index (κ1) is 23.0. The first-order valence-electron chi connectivity index (χ1n) is 9.34. The van der Waals surface area contributed by atoms with Crippen molar-refractivity contribution in [1.82, 2.24) is 4.31 Å². The van der Waals surface area contributed by atoms with Crippen molar-refractivity contribution in [1.29, 1.82) is 0 Å². The molecule has 1 fully saturated rings. The highest BCUT2D eigenvalue weighted by Gasteiger charge is 2.35. The molecule has 1 amide bonds. The molecule has 0 aromatic heterocycles. The Morgan fingerprint density at radius 2 is 1.94 bits per heavy atom. The average molecular weight is 460 g/mol. The molecule has 2 aromatic rings. The molecule has 0 aliphatic carbocycles. The van der Waals surface area contributed by atoms with Crippen LogP contribution in [0.5, 0.6) is 5.75 Å². The predicted molar refractivity (Wildman–Crippen MR) is 105 cm³/mol. The van der Waals surface area contributed by atoms with Crippen LogP contribution in [0, 0.1) is 11.7 Å². The third kappa shape index (κ3) is 5.16. The van der Waals surface area contributed by atoms with Crippen molar-refractivity contribution >= 4 is 21.6 Å². The van der Waals surface area contributed by atoms with Gasteiger partial charge in [-0.25, -0.2) is 12.8 Å². The zero-order valence-electron chi connectivity index (χ0n) is 16.4. The summed E-state index contributed by atoms with van der Waals surface area (Å²) in [7, 11) is -2.90. The smallest absolute Gasteiger partial charge is 0.416 e. The van der Waals surface area contributed by atoms with E-state index in [9.17, 15) is 30.8 Å². The lowest BCUT2D eigenvalue weighted by Gasteiger charge is -2.31. The number of nitrogens with one attached hydrogen (secondary N) is 1. The molecule has 1 aliphatic heterocycles. The summed E-state index contributed by atoms with van der Waals surface area (Å²) in [6.07, 6.45) is -3.84. The Morgan fingerprint density at radius 1 is 1.19 bits per heavy atom. The van der Waals surface area contributed by atoms with Crippen molar-refractivity contribution in [3.63, 3.8) is 0 Å². The summed E-state index contributed by atoms with van der Waals surface area (Å²) >= 11 is 0. The SMILES string of the molecule is COc1ccc(F)cc1S(=O)(=O)N1CCCC(C(=O)Nc2cccc(C(F)(F)F)c2)C1. The van der Waals surface area contributed by atoms with Crippen molar-refractivity contribution < 1.29 is 35.5 Å². The summed E-state index contributed by atoms with van der Waals surface area (Å²) in [6, 6.07) is 7.31. The second-order valence-corrected chi connectivity index (χ2v) is 8.97. The largest absolute Gasteiger partial charge is 0.495 e. The number of piperidine rings is 1. The van der Waals surface area contributed by atoms with Crippen LogP contribution in [0.15, 0.2) is 47.4 Å². The van der Waals surface area contributed by atoms with Gasteiger partial charge in [-0.05, 0) is 49.2 Å². The number of alkyl halides is 3. The first-order valence-corrected chi connectivity index (χ1v) is 10.8. The monoisotopic (exact) mass is 460 g/mol. The molecule has 1 aliphatic rings. The maximum Gasteiger partial charge on any atom is 0.416 e. The van der Waals surface area contributed by atoms with Gasteiger partial charge >= 0.3 is 6.18 Å². The van der Waals surface area contributed by atoms with Crippen molar-refractivity contribution in [2.24, 2.45) is 5.92 Å². The summed E-state index contributed by atoms with van der Waals surface area (Å²) in [5, 5.41) is 2.42. The van der Waals surface area contributed by atoms with Crippen LogP contribution in [-0.2, 0) is 21.0 Å². The van der Waals surface area contributed by atoms with Gasteiger partial charge in [0.2, 0.25) is 15.9 Å². The number of amides is 1. The summed E-state index contributed by atoms with van der Waals surface area (Å²) < 4.78 is 84.4. The van der Waals surface area contributed by atoms with Crippen LogP contribution in [0.3, 0.4) is 0 Å². The number of carbonyl (C=O) groups is 1. The summed E-state index contributed by atoms with van der Waals surface area (Å²) in [5.41, 5.74) is -0.942. The van der Waals surface area contributed by atoms with Crippen LogP contribution in [0.25, 0.3) is 0 Å². The van der Waals surface area contributed by atoms with E-state index in [-0.39, 0.29) is 29.4 Å². The second-order valence-electron chi connectivity index (χ2n) is 7.07. The molecule has 1 saturated heterocycles. The minimum absolute atomic E-state index is 0.0306. The number of benzene rings is 2. The highest BCUT2D eigenvalue weighted by Crippen LogP contribution is 2.32. The number of hydrogen-bond donors (Lipinski definition) is 1. The zero-order chi connectivity index (χ0) is 22.8. The fourth-order valence-corrected chi connectivity index (χ4v) is 5.07. The first-order chi connectivity index (χ1) is 14.5. The normalized spacial score (nSPS) is 17.9. The van der Waals surface area contributed by atoms with Crippen molar-refractivity contribution in [2.45, 2.75) is 23.9 Å². The van der Waals surface area contributed by atoms with Crippen LogP contribution >= 0.6 is 0 Å². The summed E-state index contributed by atoms with van der Waals surface area (Å²) in [4.78, 5) is 12.3. The number of nitrogens with zero attached hydrogens (tertiary/aromatic N) is 1. The average Bonchev–Trinajstić information content (AvgIpc) is 2.73. The molecular weight excluding hydrogens is 440 g/mol. The fourth-order valence-electron chi connectivity index (χ4n) is 3.38. The van der Waals surface area contributed by atoms with Crippen LogP contribution < -0.4 is 10.1 Å². The number of carbonyl (C=O) groups excluding carboxylic acids is 1.